The summed E-state index contributed by atoms with van der Waals surface area (Å²) < 4.78 is 24.2. The smallest absolute Gasteiger partial charge is 0.279 e. The molecule has 138 valence electrons. The van der Waals surface area contributed by atoms with E-state index in [2.05, 4.69) is 10.9 Å². The highest BCUT2D eigenvalue weighted by molar-refractivity contribution is 5.84. The third-order valence-electron chi connectivity index (χ3n) is 3.45. The predicted molar refractivity (Wildman–Crippen MR) is 94.1 cm³/mol. The second kappa shape index (κ2) is 9.41. The Morgan fingerprint density at radius 2 is 1.77 bits per heavy atom. The summed E-state index contributed by atoms with van der Waals surface area (Å²) in [7, 11) is 0. The lowest BCUT2D eigenvalue weighted by Crippen LogP contribution is -2.47. The van der Waals surface area contributed by atoms with Crippen LogP contribution in [0.2, 0.25) is 0 Å². The molecular formula is C19H21FN2O4. The van der Waals surface area contributed by atoms with E-state index in [0.717, 1.165) is 5.56 Å². The number of ether oxygens (including phenoxy) is 2. The van der Waals surface area contributed by atoms with Crippen molar-refractivity contribution in [3.05, 3.63) is 59.9 Å². The lowest BCUT2D eigenvalue weighted by Gasteiger charge is -2.15. The molecule has 0 saturated carbocycles. The molecule has 0 bridgehead atoms. The van der Waals surface area contributed by atoms with E-state index in [1.54, 1.807) is 6.07 Å². The maximum Gasteiger partial charge on any atom is 0.279 e. The van der Waals surface area contributed by atoms with Crippen molar-refractivity contribution in [2.45, 2.75) is 26.4 Å². The Hall–Kier alpha value is -3.09. The number of rotatable bonds is 7. The highest BCUT2D eigenvalue weighted by atomic mass is 19.1. The minimum atomic E-state index is -0.976. The van der Waals surface area contributed by atoms with Crippen molar-refractivity contribution < 1.29 is 23.5 Å². The molecule has 2 aromatic rings. The summed E-state index contributed by atoms with van der Waals surface area (Å²) >= 11 is 0. The number of para-hydroxylation sites is 1. The van der Waals surface area contributed by atoms with E-state index >= 15 is 0 Å². The van der Waals surface area contributed by atoms with Crippen LogP contribution in [0.1, 0.15) is 18.9 Å². The van der Waals surface area contributed by atoms with Gasteiger partial charge >= 0.3 is 0 Å². The fourth-order valence-corrected chi connectivity index (χ4v) is 1.98. The first-order valence-corrected chi connectivity index (χ1v) is 8.15. The largest absolute Gasteiger partial charge is 0.493 e. The van der Waals surface area contributed by atoms with Crippen LogP contribution in [0.15, 0.2) is 48.5 Å². The SMILES string of the molecule is Cc1ccc(OCCC(=O)NNC(=O)[C@@H](C)Oc2ccccc2F)cc1. The van der Waals surface area contributed by atoms with Crippen molar-refractivity contribution in [1.29, 1.82) is 0 Å². The number of amides is 2. The predicted octanol–water partition coefficient (Wildman–Crippen LogP) is 2.52. The van der Waals surface area contributed by atoms with Crippen LogP contribution in [-0.2, 0) is 9.59 Å². The van der Waals surface area contributed by atoms with Crippen molar-refractivity contribution >= 4 is 11.8 Å². The first-order chi connectivity index (χ1) is 12.5. The van der Waals surface area contributed by atoms with Gasteiger partial charge in [0.25, 0.3) is 5.91 Å². The molecule has 2 rings (SSSR count). The van der Waals surface area contributed by atoms with Gasteiger partial charge in [-0.05, 0) is 38.1 Å². The fourth-order valence-electron chi connectivity index (χ4n) is 1.98. The van der Waals surface area contributed by atoms with Gasteiger partial charge in [-0.1, -0.05) is 29.8 Å². The number of hydrogen-bond acceptors (Lipinski definition) is 4. The van der Waals surface area contributed by atoms with Crippen LogP contribution in [0.5, 0.6) is 11.5 Å². The molecule has 0 spiro atoms. The second-order valence-electron chi connectivity index (χ2n) is 5.64. The molecule has 0 aliphatic rings. The molecule has 2 amide bonds. The van der Waals surface area contributed by atoms with Crippen LogP contribution in [0.4, 0.5) is 4.39 Å². The minimum Gasteiger partial charge on any atom is -0.493 e. The van der Waals surface area contributed by atoms with Crippen molar-refractivity contribution in [3.63, 3.8) is 0 Å². The van der Waals surface area contributed by atoms with E-state index < -0.39 is 23.7 Å². The Balaban J connectivity index is 1.68. The third kappa shape index (κ3) is 6.08. The molecule has 0 unspecified atom stereocenters. The normalized spacial score (nSPS) is 11.3. The van der Waals surface area contributed by atoms with E-state index in [1.165, 1.54) is 25.1 Å². The second-order valence-corrected chi connectivity index (χ2v) is 5.64. The van der Waals surface area contributed by atoms with Crippen molar-refractivity contribution in [1.82, 2.24) is 10.9 Å². The Labute approximate surface area is 151 Å². The number of carbonyl (C=O) groups excluding carboxylic acids is 2. The molecule has 2 N–H and O–H groups in total. The molecule has 7 heteroatoms. The molecule has 2 aromatic carbocycles. The summed E-state index contributed by atoms with van der Waals surface area (Å²) in [6.45, 7) is 3.59. The van der Waals surface area contributed by atoms with E-state index in [4.69, 9.17) is 9.47 Å². The van der Waals surface area contributed by atoms with Gasteiger partial charge < -0.3 is 9.47 Å². The van der Waals surface area contributed by atoms with Gasteiger partial charge in [-0.25, -0.2) is 4.39 Å². The minimum absolute atomic E-state index is 0.0343. The number of benzene rings is 2. The zero-order chi connectivity index (χ0) is 18.9. The quantitative estimate of drug-likeness (QED) is 0.744. The first kappa shape index (κ1) is 19.2. The number of aryl methyl sites for hydroxylation is 1. The van der Waals surface area contributed by atoms with Crippen molar-refractivity contribution in [2.24, 2.45) is 0 Å². The number of hydrogen-bond donors (Lipinski definition) is 2. The van der Waals surface area contributed by atoms with E-state index in [0.29, 0.717) is 5.75 Å². The Kier molecular flexibility index (Phi) is 6.96. The Bertz CT molecular complexity index is 749. The molecule has 6 nitrogen and oxygen atoms in total. The van der Waals surface area contributed by atoms with Crippen LogP contribution >= 0.6 is 0 Å². The van der Waals surface area contributed by atoms with E-state index in [-0.39, 0.29) is 18.8 Å². The van der Waals surface area contributed by atoms with Crippen LogP contribution in [0, 0.1) is 12.7 Å². The van der Waals surface area contributed by atoms with Crippen molar-refractivity contribution in [3.8, 4) is 11.5 Å². The van der Waals surface area contributed by atoms with E-state index in [1.807, 2.05) is 31.2 Å². The lowest BCUT2D eigenvalue weighted by molar-refractivity contribution is -0.133. The molecule has 26 heavy (non-hydrogen) atoms. The van der Waals surface area contributed by atoms with Gasteiger partial charge in [-0.2, -0.15) is 0 Å². The summed E-state index contributed by atoms with van der Waals surface area (Å²) in [4.78, 5) is 23.6. The Morgan fingerprint density at radius 3 is 2.46 bits per heavy atom. The molecule has 0 radical (unpaired) electrons. The highest BCUT2D eigenvalue weighted by Gasteiger charge is 2.17. The molecule has 0 heterocycles. The lowest BCUT2D eigenvalue weighted by atomic mass is 10.2. The number of hydrazine groups is 1. The standard InChI is InChI=1S/C19H21FN2O4/c1-13-7-9-15(10-8-13)25-12-11-18(23)21-22-19(24)14(2)26-17-6-4-3-5-16(17)20/h3-10,14H,11-12H2,1-2H3,(H,21,23)(H,22,24)/t14-/m1/s1. The van der Waals surface area contributed by atoms with Crippen LogP contribution in [0.25, 0.3) is 0 Å². The van der Waals surface area contributed by atoms with Crippen LogP contribution < -0.4 is 20.3 Å². The summed E-state index contributed by atoms with van der Waals surface area (Å²) in [5.41, 5.74) is 5.62. The molecule has 0 aromatic heterocycles. The number of carbonyl (C=O) groups is 2. The summed E-state index contributed by atoms with van der Waals surface area (Å²) in [6.07, 6.45) is -0.910. The average molecular weight is 360 g/mol. The monoisotopic (exact) mass is 360 g/mol. The number of halogens is 1. The summed E-state index contributed by atoms with van der Waals surface area (Å²) in [5, 5.41) is 0. The van der Waals surface area contributed by atoms with Gasteiger partial charge in [0.05, 0.1) is 13.0 Å². The zero-order valence-electron chi connectivity index (χ0n) is 14.6. The molecule has 0 aliphatic heterocycles. The average Bonchev–Trinajstić information content (AvgIpc) is 2.63. The van der Waals surface area contributed by atoms with Gasteiger partial charge in [0, 0.05) is 0 Å². The number of nitrogens with one attached hydrogen (secondary N) is 2. The van der Waals surface area contributed by atoms with E-state index in [9.17, 15) is 14.0 Å². The maximum atomic E-state index is 13.5. The van der Waals surface area contributed by atoms with Crippen LogP contribution in [0.3, 0.4) is 0 Å². The molecule has 1 atom stereocenters. The zero-order valence-corrected chi connectivity index (χ0v) is 14.6. The Morgan fingerprint density at radius 1 is 1.08 bits per heavy atom. The molecule has 0 fully saturated rings. The van der Waals surface area contributed by atoms with Gasteiger partial charge in [-0.3, -0.25) is 20.4 Å². The topological polar surface area (TPSA) is 76.7 Å². The van der Waals surface area contributed by atoms with Gasteiger partial charge in [0.2, 0.25) is 5.91 Å². The highest BCUT2D eigenvalue weighted by Crippen LogP contribution is 2.16. The summed E-state index contributed by atoms with van der Waals surface area (Å²) in [6, 6.07) is 13.2. The van der Waals surface area contributed by atoms with Crippen molar-refractivity contribution in [2.75, 3.05) is 6.61 Å². The maximum absolute atomic E-state index is 13.5. The molecule has 0 saturated heterocycles. The summed E-state index contributed by atoms with van der Waals surface area (Å²) in [5.74, 6) is -0.943. The molecule has 0 aliphatic carbocycles. The van der Waals surface area contributed by atoms with Gasteiger partial charge in [0.1, 0.15) is 5.75 Å². The van der Waals surface area contributed by atoms with Gasteiger partial charge in [0.15, 0.2) is 17.7 Å². The molecular weight excluding hydrogens is 339 g/mol. The third-order valence-corrected chi connectivity index (χ3v) is 3.45. The fraction of sp³-hybridized carbons (Fsp3) is 0.263. The van der Waals surface area contributed by atoms with Crippen LogP contribution in [-0.4, -0.2) is 24.5 Å². The first-order valence-electron chi connectivity index (χ1n) is 8.15. The van der Waals surface area contributed by atoms with Gasteiger partial charge in [-0.15, -0.1) is 0 Å².